The molecule has 1 aliphatic carbocycles. The number of ketones is 1. The Hall–Kier alpha value is -7.03. The van der Waals surface area contributed by atoms with Crippen molar-refractivity contribution in [2.24, 2.45) is 11.3 Å². The number of carbonyl (C=O) groups excluding carboxylic acids is 5. The van der Waals surface area contributed by atoms with Gasteiger partial charge in [-0.15, -0.1) is 0 Å². The number of nitriles is 2. The molecule has 0 spiro atoms. The molecule has 1 atom stereocenters. The van der Waals surface area contributed by atoms with Crippen LogP contribution in [0.3, 0.4) is 0 Å². The fourth-order valence-corrected chi connectivity index (χ4v) is 6.07. The third-order valence-corrected chi connectivity index (χ3v) is 9.42. The first-order valence-corrected chi connectivity index (χ1v) is 21.1. The number of rotatable bonds is 15. The maximum Gasteiger partial charge on any atom is 0.411 e. The van der Waals surface area contributed by atoms with Gasteiger partial charge in [0.25, 0.3) is 0 Å². The zero-order chi connectivity index (χ0) is 49.0. The Morgan fingerprint density at radius 2 is 1.34 bits per heavy atom. The number of carbonyl (C=O) groups is 5. The van der Waals surface area contributed by atoms with Crippen LogP contribution in [0.2, 0.25) is 0 Å². The third-order valence-electron chi connectivity index (χ3n) is 9.42. The molecule has 2 amide bonds. The highest BCUT2D eigenvalue weighted by Crippen LogP contribution is 2.33. The van der Waals surface area contributed by atoms with Crippen molar-refractivity contribution in [1.82, 2.24) is 0 Å². The summed E-state index contributed by atoms with van der Waals surface area (Å²) in [6, 6.07) is 26.3. The summed E-state index contributed by atoms with van der Waals surface area (Å²) in [5.74, 6) is -0.229. The molecule has 0 heterocycles. The first-order chi connectivity index (χ1) is 30.8. The summed E-state index contributed by atoms with van der Waals surface area (Å²) in [5.41, 5.74) is 7.11. The minimum absolute atomic E-state index is 0. The van der Waals surface area contributed by atoms with E-state index in [2.05, 4.69) is 40.5 Å². The number of nitrogens with zero attached hydrogens (tertiary/aromatic N) is 3. The van der Waals surface area contributed by atoms with Gasteiger partial charge in [0.1, 0.15) is 24.3 Å². The molecule has 3 aromatic carbocycles. The average Bonchev–Trinajstić information content (AvgIpc) is 3.27. The van der Waals surface area contributed by atoms with E-state index in [4.69, 9.17) is 20.0 Å². The molecule has 1 unspecified atom stereocenters. The maximum atomic E-state index is 12.4. The van der Waals surface area contributed by atoms with Crippen molar-refractivity contribution >= 4 is 52.9 Å². The zero-order valence-corrected chi connectivity index (χ0v) is 39.5. The number of amides is 2. The van der Waals surface area contributed by atoms with Crippen LogP contribution < -0.4 is 15.5 Å². The number of esters is 2. The minimum atomic E-state index is -0.547. The van der Waals surface area contributed by atoms with Crippen LogP contribution in [0.4, 0.5) is 21.9 Å². The molecule has 0 fully saturated rings. The lowest BCUT2D eigenvalue weighted by atomic mass is 9.77. The second kappa shape index (κ2) is 33.4. The summed E-state index contributed by atoms with van der Waals surface area (Å²) in [4.78, 5) is 57.3. The van der Waals surface area contributed by atoms with E-state index in [9.17, 15) is 24.0 Å². The molecule has 14 heteroatoms. The molecule has 67 heavy (non-hydrogen) atoms. The Bertz CT molecular complexity index is 2150. The molecular weight excluding hydrogens is 851 g/mol. The average molecular weight is 924 g/mol. The van der Waals surface area contributed by atoms with Crippen LogP contribution in [0.25, 0.3) is 6.08 Å². The largest absolute Gasteiger partial charge is 0.469 e. The summed E-state index contributed by atoms with van der Waals surface area (Å²) in [6.07, 6.45) is 6.10. The van der Waals surface area contributed by atoms with Crippen molar-refractivity contribution in [2.75, 3.05) is 63.2 Å². The highest BCUT2D eigenvalue weighted by atomic mass is 16.5. The van der Waals surface area contributed by atoms with Crippen molar-refractivity contribution in [3.05, 3.63) is 119 Å². The molecule has 1 aliphatic rings. The lowest BCUT2D eigenvalue weighted by Gasteiger charge is -2.27. The number of nitrogens with one attached hydrogen (secondary N) is 2. The monoisotopic (exact) mass is 924 g/mol. The van der Waals surface area contributed by atoms with Gasteiger partial charge in [-0.3, -0.25) is 19.7 Å². The lowest BCUT2D eigenvalue weighted by molar-refractivity contribution is -0.145. The Morgan fingerprint density at radius 1 is 0.821 bits per heavy atom. The van der Waals surface area contributed by atoms with Gasteiger partial charge in [0.05, 0.1) is 33.3 Å². The summed E-state index contributed by atoms with van der Waals surface area (Å²) >= 11 is 0. The first-order valence-electron chi connectivity index (χ1n) is 21.1. The van der Waals surface area contributed by atoms with Crippen molar-refractivity contribution in [1.29, 1.82) is 10.5 Å². The van der Waals surface area contributed by atoms with Crippen LogP contribution in [0.1, 0.15) is 99.3 Å². The van der Waals surface area contributed by atoms with Crippen LogP contribution >= 0.6 is 0 Å². The number of anilines is 3. The van der Waals surface area contributed by atoms with Crippen LogP contribution in [0, 0.1) is 34.0 Å². The quantitative estimate of drug-likeness (QED) is 0.0634. The van der Waals surface area contributed by atoms with Crippen LogP contribution in [-0.2, 0) is 44.5 Å². The Labute approximate surface area is 399 Å². The van der Waals surface area contributed by atoms with E-state index in [1.54, 1.807) is 20.1 Å². The number of hydrogen-bond donors (Lipinski definition) is 2. The van der Waals surface area contributed by atoms with Gasteiger partial charge in [0, 0.05) is 49.6 Å². The lowest BCUT2D eigenvalue weighted by Crippen LogP contribution is -2.32. The van der Waals surface area contributed by atoms with Crippen LogP contribution in [0.5, 0.6) is 0 Å². The van der Waals surface area contributed by atoms with E-state index < -0.39 is 6.09 Å². The number of hydrogen-bond acceptors (Lipinski definition) is 12. The second-order valence-corrected chi connectivity index (χ2v) is 15.9. The fourth-order valence-electron chi connectivity index (χ4n) is 6.07. The van der Waals surface area contributed by atoms with Gasteiger partial charge in [-0.05, 0) is 104 Å². The standard InChI is InChI=1S/C31H31N5O4.C9H14O.C6H12O2.C5H8O2.2CH4/c1-23(37)34-28-9-3-24(4-10-28)19-25-5-11-29(12-6-25)35-31(38)40-18-16-36(15-17-39-2)30-13-7-26(8-14-30)20-27(21-32)22-33;1-7-4-8(10)6-9(2,3)5-7;1-4-5(2)6(7)8-3;1-4(2)5(6)7-3;;/h3-14,20H,15-19H2,1-2H3,(H,34,37)(H,35,38);4H,5-6H2,1-3H3;5H,4H2,1-3H3;1H2,2-3H3;2*1H4. The molecule has 4 rings (SSSR count). The number of allylic oxidation sites excluding steroid dienone is 3. The SMILES string of the molecule is C.C.C=C(C)C(=O)OC.CC1=CC(=O)CC(C)(C)C1.CCC(C)C(=O)OC.COCCN(CCOC(=O)Nc1ccc(Cc2ccc(NC(C)=O)cc2)cc1)c1ccc(C=C(C#N)C#N)cc1. The summed E-state index contributed by atoms with van der Waals surface area (Å²) in [7, 11) is 4.36. The van der Waals surface area contributed by atoms with E-state index in [1.807, 2.05) is 111 Å². The third kappa shape index (κ3) is 26.5. The Morgan fingerprint density at radius 3 is 1.73 bits per heavy atom. The Balaban J connectivity index is 0. The topological polar surface area (TPSA) is 197 Å². The first kappa shape index (κ1) is 62.1. The van der Waals surface area contributed by atoms with Gasteiger partial charge in [-0.1, -0.05) is 91.1 Å². The van der Waals surface area contributed by atoms with Crippen molar-refractivity contribution in [3.63, 3.8) is 0 Å². The molecule has 0 aromatic heterocycles. The van der Waals surface area contributed by atoms with Gasteiger partial charge >= 0.3 is 18.0 Å². The second-order valence-electron chi connectivity index (χ2n) is 15.9. The van der Waals surface area contributed by atoms with Crippen LogP contribution in [-0.4, -0.2) is 77.4 Å². The summed E-state index contributed by atoms with van der Waals surface area (Å²) in [5, 5.41) is 23.4. The van der Waals surface area contributed by atoms with Crippen molar-refractivity contribution < 1.29 is 42.9 Å². The van der Waals surface area contributed by atoms with E-state index in [1.165, 1.54) is 32.8 Å². The molecule has 0 saturated heterocycles. The van der Waals surface area contributed by atoms with E-state index >= 15 is 0 Å². The molecule has 0 saturated carbocycles. The van der Waals surface area contributed by atoms with Crippen molar-refractivity contribution in [2.45, 2.75) is 89.0 Å². The predicted octanol–water partition coefficient (Wildman–Crippen LogP) is 10.9. The van der Waals surface area contributed by atoms with Crippen molar-refractivity contribution in [3.8, 4) is 12.1 Å². The zero-order valence-electron chi connectivity index (χ0n) is 39.5. The number of benzene rings is 3. The maximum absolute atomic E-state index is 12.4. The number of ether oxygens (including phenoxy) is 4. The molecule has 364 valence electrons. The molecule has 2 N–H and O–H groups in total. The summed E-state index contributed by atoms with van der Waals surface area (Å²) < 4.78 is 19.4. The van der Waals surface area contributed by atoms with Gasteiger partial charge < -0.3 is 29.2 Å². The van der Waals surface area contributed by atoms with Gasteiger partial charge in [0.15, 0.2) is 5.78 Å². The van der Waals surface area contributed by atoms with E-state index in [0.29, 0.717) is 37.4 Å². The normalized spacial score (nSPS) is 11.9. The summed E-state index contributed by atoms with van der Waals surface area (Å²) in [6.45, 7) is 18.3. The smallest absolute Gasteiger partial charge is 0.411 e. The van der Waals surface area contributed by atoms with Gasteiger partial charge in [-0.25, -0.2) is 9.59 Å². The minimum Gasteiger partial charge on any atom is -0.469 e. The van der Waals surface area contributed by atoms with Crippen LogP contribution in [0.15, 0.2) is 102 Å². The van der Waals surface area contributed by atoms with Gasteiger partial charge in [-0.2, -0.15) is 10.5 Å². The fraction of sp³-hybridized carbons (Fsp3) is 0.415. The number of methoxy groups -OCH3 is 3. The molecular formula is C53H73N5O9. The molecule has 3 aromatic rings. The molecule has 0 bridgehead atoms. The predicted molar refractivity (Wildman–Crippen MR) is 268 cm³/mol. The van der Waals surface area contributed by atoms with Gasteiger partial charge in [0.2, 0.25) is 5.91 Å². The highest BCUT2D eigenvalue weighted by molar-refractivity contribution is 5.91. The van der Waals surface area contributed by atoms with E-state index in [-0.39, 0.29) is 62.0 Å². The Kier molecular flexibility index (Phi) is 31.0. The molecule has 14 nitrogen and oxygen atoms in total. The molecule has 0 radical (unpaired) electrons. The highest BCUT2D eigenvalue weighted by Gasteiger charge is 2.25. The van der Waals surface area contributed by atoms with E-state index in [0.717, 1.165) is 47.3 Å². The molecule has 0 aliphatic heterocycles.